The Morgan fingerprint density at radius 3 is 2.62 bits per heavy atom. The van der Waals surface area contributed by atoms with Gasteiger partial charge in [0, 0.05) is 0 Å². The van der Waals surface area contributed by atoms with Gasteiger partial charge in [0.25, 0.3) is 0 Å². The van der Waals surface area contributed by atoms with E-state index in [4.69, 9.17) is 9.47 Å². The number of ether oxygens (including phenoxy) is 2. The molecule has 0 saturated carbocycles. The van der Waals surface area contributed by atoms with Crippen molar-refractivity contribution in [2.24, 2.45) is 0 Å². The molecule has 1 aliphatic heterocycles. The molecule has 2 aromatic rings. The van der Waals surface area contributed by atoms with Crippen LogP contribution in [-0.4, -0.2) is 6.79 Å². The number of allylic oxidation sites excluding steroid dienone is 3. The van der Waals surface area contributed by atoms with E-state index in [1.54, 1.807) is 5.57 Å². The van der Waals surface area contributed by atoms with Gasteiger partial charge in [0.2, 0.25) is 6.79 Å². The quantitative estimate of drug-likeness (QED) is 0.778. The van der Waals surface area contributed by atoms with Gasteiger partial charge in [-0.25, -0.2) is 0 Å². The fraction of sp³-hybridized carbons (Fsp3) is 0.273. The van der Waals surface area contributed by atoms with Gasteiger partial charge in [0.05, 0.1) is 0 Å². The van der Waals surface area contributed by atoms with Crippen molar-refractivity contribution in [1.29, 1.82) is 0 Å². The summed E-state index contributed by atoms with van der Waals surface area (Å²) in [5.41, 5.74) is 10.2. The van der Waals surface area contributed by atoms with Crippen LogP contribution in [-0.2, 0) is 12.8 Å². The maximum atomic E-state index is 5.57. The monoisotopic (exact) mass is 316 g/mol. The molecule has 0 spiro atoms. The van der Waals surface area contributed by atoms with Crippen LogP contribution in [0.3, 0.4) is 0 Å². The molecule has 0 fully saturated rings. The Hall–Kier alpha value is -2.48. The third kappa shape index (κ3) is 2.17. The first-order valence-electron chi connectivity index (χ1n) is 8.67. The molecule has 0 radical (unpaired) electrons. The van der Waals surface area contributed by atoms with E-state index in [9.17, 15) is 0 Å². The van der Waals surface area contributed by atoms with Crippen molar-refractivity contribution in [3.8, 4) is 11.5 Å². The van der Waals surface area contributed by atoms with Gasteiger partial charge < -0.3 is 9.47 Å². The van der Waals surface area contributed by atoms with Gasteiger partial charge >= 0.3 is 0 Å². The molecule has 0 saturated heterocycles. The highest BCUT2D eigenvalue weighted by Gasteiger charge is 2.24. The zero-order valence-corrected chi connectivity index (χ0v) is 13.9. The van der Waals surface area contributed by atoms with Crippen LogP contribution in [0.15, 0.2) is 47.5 Å². The fourth-order valence-electron chi connectivity index (χ4n) is 4.18. The van der Waals surface area contributed by atoms with Gasteiger partial charge in [-0.3, -0.25) is 0 Å². The van der Waals surface area contributed by atoms with Crippen molar-refractivity contribution in [2.45, 2.75) is 32.6 Å². The molecule has 0 atom stereocenters. The van der Waals surface area contributed by atoms with Gasteiger partial charge in [-0.05, 0) is 72.6 Å². The zero-order chi connectivity index (χ0) is 16.1. The summed E-state index contributed by atoms with van der Waals surface area (Å²) in [6.45, 7) is 2.61. The van der Waals surface area contributed by atoms with Crippen molar-refractivity contribution >= 4 is 11.6 Å². The molecule has 0 amide bonds. The van der Waals surface area contributed by atoms with Crippen LogP contribution < -0.4 is 9.47 Å². The van der Waals surface area contributed by atoms with Gasteiger partial charge in [-0.2, -0.15) is 0 Å². The molecule has 3 aliphatic rings. The topological polar surface area (TPSA) is 18.5 Å². The Kier molecular flexibility index (Phi) is 3.05. The molecule has 0 N–H and O–H groups in total. The first-order chi connectivity index (χ1) is 11.8. The lowest BCUT2D eigenvalue weighted by molar-refractivity contribution is 0.174. The predicted octanol–water partition coefficient (Wildman–Crippen LogP) is 5.16. The van der Waals surface area contributed by atoms with Gasteiger partial charge in [0.15, 0.2) is 11.5 Å². The molecule has 2 nitrogen and oxygen atoms in total. The number of hydrogen-bond donors (Lipinski definition) is 0. The summed E-state index contributed by atoms with van der Waals surface area (Å²) in [5, 5.41) is 0. The Bertz CT molecular complexity index is 902. The number of benzene rings is 2. The van der Waals surface area contributed by atoms with Crippen LogP contribution in [0.2, 0.25) is 0 Å². The van der Waals surface area contributed by atoms with E-state index in [0.29, 0.717) is 6.79 Å². The summed E-state index contributed by atoms with van der Waals surface area (Å²) >= 11 is 0. The molecular weight excluding hydrogens is 296 g/mol. The summed E-state index contributed by atoms with van der Waals surface area (Å²) in [6, 6.07) is 13.1. The minimum atomic E-state index is 0.349. The predicted molar refractivity (Wildman–Crippen MR) is 96.2 cm³/mol. The Morgan fingerprint density at radius 2 is 1.75 bits per heavy atom. The summed E-state index contributed by atoms with van der Waals surface area (Å²) in [7, 11) is 0. The molecule has 2 aromatic carbocycles. The lowest BCUT2D eigenvalue weighted by Crippen LogP contribution is -1.93. The smallest absolute Gasteiger partial charge is 0.231 e. The molecule has 0 unspecified atom stereocenters. The molecular formula is C22H20O2. The van der Waals surface area contributed by atoms with Crippen LogP contribution in [0.4, 0.5) is 0 Å². The number of hydrogen-bond acceptors (Lipinski definition) is 2. The highest BCUT2D eigenvalue weighted by molar-refractivity contribution is 5.78. The van der Waals surface area contributed by atoms with Crippen molar-refractivity contribution in [3.05, 3.63) is 69.8 Å². The summed E-state index contributed by atoms with van der Waals surface area (Å²) in [6.07, 6.45) is 6.77. The maximum absolute atomic E-state index is 5.57. The summed E-state index contributed by atoms with van der Waals surface area (Å²) < 4.78 is 11.1. The molecule has 1 heterocycles. The highest BCUT2D eigenvalue weighted by Crippen LogP contribution is 2.44. The Labute approximate surface area is 142 Å². The average Bonchev–Trinajstić information content (AvgIpc) is 3.26. The second kappa shape index (κ2) is 5.27. The minimum absolute atomic E-state index is 0.349. The second-order valence-corrected chi connectivity index (χ2v) is 6.98. The third-order valence-corrected chi connectivity index (χ3v) is 5.42. The van der Waals surface area contributed by atoms with Crippen LogP contribution in [0.5, 0.6) is 11.5 Å². The van der Waals surface area contributed by atoms with Gasteiger partial charge in [0.1, 0.15) is 0 Å². The van der Waals surface area contributed by atoms with Crippen LogP contribution >= 0.6 is 0 Å². The van der Waals surface area contributed by atoms with Gasteiger partial charge in [-0.15, -0.1) is 0 Å². The van der Waals surface area contributed by atoms with Crippen LogP contribution in [0, 0.1) is 0 Å². The van der Waals surface area contributed by atoms with Crippen molar-refractivity contribution in [1.82, 2.24) is 0 Å². The van der Waals surface area contributed by atoms with E-state index in [1.807, 2.05) is 0 Å². The van der Waals surface area contributed by atoms with E-state index in [-0.39, 0.29) is 0 Å². The van der Waals surface area contributed by atoms with Crippen molar-refractivity contribution in [3.63, 3.8) is 0 Å². The van der Waals surface area contributed by atoms with E-state index in [2.05, 4.69) is 49.4 Å². The lowest BCUT2D eigenvalue weighted by atomic mass is 9.97. The van der Waals surface area contributed by atoms with Crippen molar-refractivity contribution in [2.75, 3.05) is 6.79 Å². The highest BCUT2D eigenvalue weighted by atomic mass is 16.7. The minimum Gasteiger partial charge on any atom is -0.454 e. The van der Waals surface area contributed by atoms with Crippen molar-refractivity contribution < 1.29 is 9.47 Å². The first-order valence-corrected chi connectivity index (χ1v) is 8.67. The summed E-state index contributed by atoms with van der Waals surface area (Å²) in [5.74, 6) is 1.80. The SMILES string of the molecule is CC1=C(CCC2=Cc3ccccc3C2)c2cc3c(cc2C1)OCO3. The number of rotatable bonds is 3. The van der Waals surface area contributed by atoms with Gasteiger partial charge in [-0.1, -0.05) is 41.5 Å². The summed E-state index contributed by atoms with van der Waals surface area (Å²) in [4.78, 5) is 0. The molecule has 0 aromatic heterocycles. The standard InChI is InChI=1S/C22H20O2/c1-14-8-18-11-21-22(24-13-23-21)12-20(18)19(14)7-6-15-9-16-4-2-3-5-17(16)10-15/h2-5,9,11-12H,6-8,10,13H2,1H3. The first kappa shape index (κ1) is 13.9. The molecule has 0 bridgehead atoms. The molecule has 2 aliphatic carbocycles. The number of fused-ring (bicyclic) bond motifs is 3. The van der Waals surface area contributed by atoms with E-state index < -0.39 is 0 Å². The molecule has 24 heavy (non-hydrogen) atoms. The van der Waals surface area contributed by atoms with E-state index in [1.165, 1.54) is 33.4 Å². The zero-order valence-electron chi connectivity index (χ0n) is 13.9. The molecule has 120 valence electrons. The van der Waals surface area contributed by atoms with E-state index >= 15 is 0 Å². The van der Waals surface area contributed by atoms with E-state index in [0.717, 1.165) is 37.2 Å². The average molecular weight is 316 g/mol. The normalized spacial score (nSPS) is 17.1. The maximum Gasteiger partial charge on any atom is 0.231 e. The Morgan fingerprint density at radius 1 is 0.917 bits per heavy atom. The molecule has 5 rings (SSSR count). The third-order valence-electron chi connectivity index (χ3n) is 5.42. The van der Waals surface area contributed by atoms with Crippen LogP contribution in [0.1, 0.15) is 42.0 Å². The largest absolute Gasteiger partial charge is 0.454 e. The van der Waals surface area contributed by atoms with Crippen LogP contribution in [0.25, 0.3) is 11.6 Å². The second-order valence-electron chi connectivity index (χ2n) is 6.98. The Balaban J connectivity index is 1.37. The molecule has 2 heteroatoms. The fourth-order valence-corrected chi connectivity index (χ4v) is 4.18. The lowest BCUT2D eigenvalue weighted by Gasteiger charge is -2.09.